The number of piperidine rings is 1. The van der Waals surface area contributed by atoms with Crippen LogP contribution in [-0.4, -0.2) is 24.7 Å². The molecule has 1 unspecified atom stereocenters. The van der Waals surface area contributed by atoms with Gasteiger partial charge in [0.15, 0.2) is 0 Å². The van der Waals surface area contributed by atoms with Crippen molar-refractivity contribution >= 4 is 5.97 Å². The van der Waals surface area contributed by atoms with Gasteiger partial charge in [-0.05, 0) is 31.7 Å². The summed E-state index contributed by atoms with van der Waals surface area (Å²) in [5.74, 6) is 0.550. The van der Waals surface area contributed by atoms with E-state index >= 15 is 0 Å². The molecule has 0 amide bonds. The molecule has 0 spiro atoms. The molecular formula is C9H15NO2. The molecule has 0 aromatic carbocycles. The molecule has 1 aliphatic heterocycles. The van der Waals surface area contributed by atoms with Gasteiger partial charge in [0, 0.05) is 0 Å². The Balaban J connectivity index is 1.88. The molecule has 2 rings (SSSR count). The molecule has 1 saturated heterocycles. The van der Waals surface area contributed by atoms with Crippen molar-refractivity contribution in [2.45, 2.75) is 31.7 Å². The van der Waals surface area contributed by atoms with Crippen LogP contribution in [0.25, 0.3) is 0 Å². The quantitative estimate of drug-likeness (QED) is 0.632. The molecule has 2 atom stereocenters. The fourth-order valence-electron chi connectivity index (χ4n) is 2.01. The second-order valence-corrected chi connectivity index (χ2v) is 3.72. The number of ether oxygens (including phenoxy) is 1. The molecule has 68 valence electrons. The third-order valence-electron chi connectivity index (χ3n) is 2.84. The van der Waals surface area contributed by atoms with E-state index in [4.69, 9.17) is 4.74 Å². The number of esters is 1. The summed E-state index contributed by atoms with van der Waals surface area (Å²) in [6.45, 7) is 3.55. The fraction of sp³-hybridized carbons (Fsp3) is 0.889. The van der Waals surface area contributed by atoms with Crippen LogP contribution in [0.2, 0.25) is 0 Å². The minimum absolute atomic E-state index is 0.0214. The van der Waals surface area contributed by atoms with Gasteiger partial charge in [-0.25, -0.2) is 0 Å². The number of nitrogens with one attached hydrogen (secondary N) is 1. The van der Waals surface area contributed by atoms with Crippen LogP contribution in [0, 0.1) is 5.92 Å². The monoisotopic (exact) mass is 169 g/mol. The largest absolute Gasteiger partial charge is 0.464 e. The Kier molecular flexibility index (Phi) is 1.83. The SMILES string of the molecule is CCCOC(=O)[C@]12CC1CCN2. The van der Waals surface area contributed by atoms with Crippen LogP contribution in [0.5, 0.6) is 0 Å². The van der Waals surface area contributed by atoms with Gasteiger partial charge in [0.25, 0.3) is 0 Å². The summed E-state index contributed by atoms with van der Waals surface area (Å²) in [5.41, 5.74) is -0.241. The first-order valence-electron chi connectivity index (χ1n) is 4.72. The third kappa shape index (κ3) is 1.04. The van der Waals surface area contributed by atoms with E-state index in [-0.39, 0.29) is 11.5 Å². The lowest BCUT2D eigenvalue weighted by Gasteiger charge is -2.11. The molecule has 0 aromatic heterocycles. The standard InChI is InChI=1S/C9H15NO2/c1-2-5-12-8(11)9-6-7(9)3-4-10-9/h7,10H,2-6H2,1H3/t7?,9-/m0/s1. The van der Waals surface area contributed by atoms with Gasteiger partial charge < -0.3 is 10.1 Å². The lowest BCUT2D eigenvalue weighted by molar-refractivity contribution is -0.147. The first kappa shape index (κ1) is 8.05. The highest BCUT2D eigenvalue weighted by molar-refractivity contribution is 5.85. The van der Waals surface area contributed by atoms with E-state index in [9.17, 15) is 4.79 Å². The van der Waals surface area contributed by atoms with Crippen molar-refractivity contribution in [3.8, 4) is 0 Å². The minimum atomic E-state index is -0.241. The van der Waals surface area contributed by atoms with E-state index < -0.39 is 0 Å². The molecule has 12 heavy (non-hydrogen) atoms. The van der Waals surface area contributed by atoms with Crippen molar-refractivity contribution in [3.05, 3.63) is 0 Å². The fourth-order valence-corrected chi connectivity index (χ4v) is 2.01. The number of hydrogen-bond acceptors (Lipinski definition) is 3. The van der Waals surface area contributed by atoms with Crippen molar-refractivity contribution in [1.82, 2.24) is 5.32 Å². The summed E-state index contributed by atoms with van der Waals surface area (Å²) < 4.78 is 5.12. The Morgan fingerprint density at radius 2 is 2.58 bits per heavy atom. The summed E-state index contributed by atoms with van der Waals surface area (Å²) in [5, 5.41) is 3.24. The zero-order valence-electron chi connectivity index (χ0n) is 7.43. The number of carbonyl (C=O) groups is 1. The molecule has 1 saturated carbocycles. The van der Waals surface area contributed by atoms with Crippen LogP contribution >= 0.6 is 0 Å². The molecule has 0 aromatic rings. The van der Waals surface area contributed by atoms with Gasteiger partial charge in [0.2, 0.25) is 0 Å². The van der Waals surface area contributed by atoms with Gasteiger partial charge in [0.05, 0.1) is 6.61 Å². The Morgan fingerprint density at radius 1 is 1.75 bits per heavy atom. The Hall–Kier alpha value is -0.570. The molecule has 0 radical (unpaired) electrons. The van der Waals surface area contributed by atoms with E-state index in [0.29, 0.717) is 12.5 Å². The summed E-state index contributed by atoms with van der Waals surface area (Å²) in [7, 11) is 0. The predicted molar refractivity (Wildman–Crippen MR) is 44.7 cm³/mol. The highest BCUT2D eigenvalue weighted by Crippen LogP contribution is 2.50. The van der Waals surface area contributed by atoms with Gasteiger partial charge in [-0.1, -0.05) is 6.92 Å². The maximum Gasteiger partial charge on any atom is 0.326 e. The number of carbonyl (C=O) groups excluding carboxylic acids is 1. The van der Waals surface area contributed by atoms with Gasteiger partial charge in [-0.3, -0.25) is 4.79 Å². The minimum Gasteiger partial charge on any atom is -0.464 e. The highest BCUT2D eigenvalue weighted by Gasteiger charge is 2.63. The first-order valence-corrected chi connectivity index (χ1v) is 4.72. The second kappa shape index (κ2) is 2.73. The Labute approximate surface area is 72.5 Å². The van der Waals surface area contributed by atoms with E-state index in [2.05, 4.69) is 5.32 Å². The van der Waals surface area contributed by atoms with Gasteiger partial charge >= 0.3 is 5.97 Å². The molecule has 0 bridgehead atoms. The Bertz CT molecular complexity index is 205. The lowest BCUT2D eigenvalue weighted by Crippen LogP contribution is -2.38. The van der Waals surface area contributed by atoms with E-state index in [0.717, 1.165) is 25.8 Å². The number of rotatable bonds is 3. The van der Waals surface area contributed by atoms with Gasteiger partial charge in [0.1, 0.15) is 5.54 Å². The zero-order valence-corrected chi connectivity index (χ0v) is 7.43. The van der Waals surface area contributed by atoms with E-state index in [1.807, 2.05) is 6.92 Å². The van der Waals surface area contributed by atoms with Crippen molar-refractivity contribution in [3.63, 3.8) is 0 Å². The van der Waals surface area contributed by atoms with E-state index in [1.165, 1.54) is 0 Å². The second-order valence-electron chi connectivity index (χ2n) is 3.72. The first-order chi connectivity index (χ1) is 5.79. The van der Waals surface area contributed by atoms with E-state index in [1.54, 1.807) is 0 Å². The predicted octanol–water partition coefficient (Wildman–Crippen LogP) is 0.692. The summed E-state index contributed by atoms with van der Waals surface area (Å²) in [4.78, 5) is 11.5. The van der Waals surface area contributed by atoms with Crippen LogP contribution < -0.4 is 5.32 Å². The molecule has 3 nitrogen and oxygen atoms in total. The number of hydrogen-bond donors (Lipinski definition) is 1. The van der Waals surface area contributed by atoms with Gasteiger partial charge in [-0.15, -0.1) is 0 Å². The van der Waals surface area contributed by atoms with Crippen LogP contribution in [0.4, 0.5) is 0 Å². The topological polar surface area (TPSA) is 38.3 Å². The smallest absolute Gasteiger partial charge is 0.326 e. The van der Waals surface area contributed by atoms with Crippen LogP contribution in [0.15, 0.2) is 0 Å². The number of fused-ring (bicyclic) bond motifs is 1. The highest BCUT2D eigenvalue weighted by atomic mass is 16.5. The summed E-state index contributed by atoms with van der Waals surface area (Å²) in [6, 6.07) is 0. The summed E-state index contributed by atoms with van der Waals surface area (Å²) >= 11 is 0. The molecular weight excluding hydrogens is 154 g/mol. The zero-order chi connectivity index (χ0) is 8.60. The molecule has 1 N–H and O–H groups in total. The van der Waals surface area contributed by atoms with Crippen LogP contribution in [-0.2, 0) is 9.53 Å². The Morgan fingerprint density at radius 3 is 3.08 bits per heavy atom. The maximum absolute atomic E-state index is 11.5. The van der Waals surface area contributed by atoms with Crippen molar-refractivity contribution < 1.29 is 9.53 Å². The molecule has 3 heteroatoms. The molecule has 2 aliphatic rings. The van der Waals surface area contributed by atoms with Crippen molar-refractivity contribution in [1.29, 1.82) is 0 Å². The molecule has 1 aliphatic carbocycles. The van der Waals surface area contributed by atoms with Gasteiger partial charge in [-0.2, -0.15) is 0 Å². The van der Waals surface area contributed by atoms with Crippen molar-refractivity contribution in [2.24, 2.45) is 5.92 Å². The van der Waals surface area contributed by atoms with Crippen molar-refractivity contribution in [2.75, 3.05) is 13.2 Å². The van der Waals surface area contributed by atoms with Crippen LogP contribution in [0.1, 0.15) is 26.2 Å². The lowest BCUT2D eigenvalue weighted by atomic mass is 10.2. The van der Waals surface area contributed by atoms with Crippen LogP contribution in [0.3, 0.4) is 0 Å². The molecule has 1 heterocycles. The maximum atomic E-state index is 11.5. The average Bonchev–Trinajstić information content (AvgIpc) is 2.66. The normalized spacial score (nSPS) is 37.6. The third-order valence-corrected chi connectivity index (χ3v) is 2.84. The molecule has 2 fully saturated rings. The average molecular weight is 169 g/mol. The summed E-state index contributed by atoms with van der Waals surface area (Å²) in [6.07, 6.45) is 3.04.